The Labute approximate surface area is 174 Å². The molecule has 0 heterocycles. The van der Waals surface area contributed by atoms with E-state index in [9.17, 15) is 23.1 Å². The van der Waals surface area contributed by atoms with Crippen molar-refractivity contribution >= 4 is 27.8 Å². The Kier molecular flexibility index (Phi) is 6.93. The molecule has 0 unspecified atom stereocenters. The Bertz CT molecular complexity index is 1030. The van der Waals surface area contributed by atoms with Gasteiger partial charge in [0.1, 0.15) is 16.9 Å². The van der Waals surface area contributed by atoms with Crippen LogP contribution in [0.3, 0.4) is 0 Å². The molecule has 2 aromatic carbocycles. The lowest BCUT2D eigenvalue weighted by Gasteiger charge is -2.19. The van der Waals surface area contributed by atoms with Crippen molar-refractivity contribution in [3.05, 3.63) is 53.6 Å². The summed E-state index contributed by atoms with van der Waals surface area (Å²) in [7, 11) is -3.93. The number of carboxylic acid groups (broad SMARTS) is 1. The number of carbonyl (C=O) groups is 2. The molecule has 2 aromatic rings. The number of hydrogen-bond donors (Lipinski definition) is 4. The van der Waals surface area contributed by atoms with Crippen LogP contribution in [-0.2, 0) is 21.2 Å². The van der Waals surface area contributed by atoms with Crippen molar-refractivity contribution < 1.29 is 33.0 Å². The number of carboxylic acids is 1. The molecule has 0 radical (unpaired) electrons. The van der Waals surface area contributed by atoms with Crippen LogP contribution in [0.15, 0.2) is 47.4 Å². The van der Waals surface area contributed by atoms with Gasteiger partial charge in [-0.3, -0.25) is 4.72 Å². The molecule has 0 spiro atoms. The highest BCUT2D eigenvalue weighted by Gasteiger charge is 2.17. The van der Waals surface area contributed by atoms with E-state index >= 15 is 0 Å². The number of benzene rings is 2. The van der Waals surface area contributed by atoms with Gasteiger partial charge in [0.2, 0.25) is 0 Å². The molecule has 9 nitrogen and oxygen atoms in total. The highest BCUT2D eigenvalue weighted by molar-refractivity contribution is 7.92. The second-order valence-corrected chi connectivity index (χ2v) is 9.15. The smallest absolute Gasteiger partial charge is 0.407 e. The summed E-state index contributed by atoms with van der Waals surface area (Å²) in [6.07, 6.45) is -0.0413. The largest absolute Gasteiger partial charge is 0.507 e. The van der Waals surface area contributed by atoms with Gasteiger partial charge in [0.05, 0.1) is 10.6 Å². The molecular formula is C20H24N2O7S. The summed E-state index contributed by atoms with van der Waals surface area (Å²) in [4.78, 5) is 22.5. The monoisotopic (exact) mass is 436 g/mol. The van der Waals surface area contributed by atoms with Gasteiger partial charge in [-0.1, -0.05) is 12.1 Å². The average Bonchev–Trinajstić information content (AvgIpc) is 2.60. The number of alkyl carbamates (subject to hydrolysis) is 1. The Hall–Kier alpha value is -3.27. The quantitative estimate of drug-likeness (QED) is 0.523. The minimum absolute atomic E-state index is 0.00634. The van der Waals surface area contributed by atoms with Gasteiger partial charge >= 0.3 is 12.1 Å². The molecule has 0 saturated heterocycles. The summed E-state index contributed by atoms with van der Waals surface area (Å²) in [5.74, 6) is -1.87. The van der Waals surface area contributed by atoms with Crippen molar-refractivity contribution in [3.8, 4) is 5.75 Å². The maximum atomic E-state index is 12.5. The molecule has 10 heteroatoms. The SMILES string of the molecule is CC(C)(C)OC(=O)NCCc1ccc(S(=O)(=O)Nc2ccc(C(=O)O)c(O)c2)cc1. The Morgan fingerprint density at radius 3 is 2.23 bits per heavy atom. The van der Waals surface area contributed by atoms with Crippen molar-refractivity contribution in [2.75, 3.05) is 11.3 Å². The van der Waals surface area contributed by atoms with Crippen LogP contribution in [0.2, 0.25) is 0 Å². The number of sulfonamides is 1. The number of nitrogens with one attached hydrogen (secondary N) is 2. The molecular weight excluding hydrogens is 412 g/mol. The van der Waals surface area contributed by atoms with Crippen molar-refractivity contribution in [3.63, 3.8) is 0 Å². The second kappa shape index (κ2) is 9.04. The van der Waals surface area contributed by atoms with Gasteiger partial charge in [-0.2, -0.15) is 0 Å². The molecule has 0 aliphatic heterocycles. The molecule has 2 rings (SSSR count). The summed E-state index contributed by atoms with van der Waals surface area (Å²) in [5, 5.41) is 21.2. The number of aromatic carboxylic acids is 1. The van der Waals surface area contributed by atoms with Crippen LogP contribution in [0.25, 0.3) is 0 Å². The first-order chi connectivity index (χ1) is 13.9. The standard InChI is InChI=1S/C20H24N2O7S/c1-20(2,3)29-19(26)21-11-10-13-4-7-15(8-5-13)30(27,28)22-14-6-9-16(18(24)25)17(23)12-14/h4-9,12,22-23H,10-11H2,1-3H3,(H,21,26)(H,24,25). The molecule has 0 atom stereocenters. The topological polar surface area (TPSA) is 142 Å². The third-order valence-corrected chi connectivity index (χ3v) is 5.19. The van der Waals surface area contributed by atoms with E-state index < -0.39 is 33.4 Å². The first kappa shape index (κ1) is 23.0. The second-order valence-electron chi connectivity index (χ2n) is 7.47. The number of carbonyl (C=O) groups excluding carboxylic acids is 1. The van der Waals surface area contributed by atoms with Crippen LogP contribution < -0.4 is 10.0 Å². The van der Waals surface area contributed by atoms with Crippen LogP contribution in [-0.4, -0.2) is 42.8 Å². The number of anilines is 1. The van der Waals surface area contributed by atoms with Gasteiger partial charge < -0.3 is 20.3 Å². The maximum Gasteiger partial charge on any atom is 0.407 e. The minimum Gasteiger partial charge on any atom is -0.507 e. The zero-order valence-electron chi connectivity index (χ0n) is 16.8. The predicted molar refractivity (Wildman–Crippen MR) is 110 cm³/mol. The average molecular weight is 436 g/mol. The Balaban J connectivity index is 1.98. The van der Waals surface area contributed by atoms with Gasteiger partial charge in [0.25, 0.3) is 10.0 Å². The fourth-order valence-electron chi connectivity index (χ4n) is 2.45. The third-order valence-electron chi connectivity index (χ3n) is 3.80. The first-order valence-electron chi connectivity index (χ1n) is 9.02. The molecule has 0 fully saturated rings. The number of phenols is 1. The summed E-state index contributed by atoms with van der Waals surface area (Å²) in [6, 6.07) is 9.45. The first-order valence-corrected chi connectivity index (χ1v) is 10.5. The molecule has 0 aliphatic carbocycles. The highest BCUT2D eigenvalue weighted by atomic mass is 32.2. The van der Waals surface area contributed by atoms with E-state index in [2.05, 4.69) is 10.0 Å². The molecule has 30 heavy (non-hydrogen) atoms. The van der Waals surface area contributed by atoms with Gasteiger partial charge in [-0.25, -0.2) is 18.0 Å². The fraction of sp³-hybridized carbons (Fsp3) is 0.300. The van der Waals surface area contributed by atoms with Crippen molar-refractivity contribution in [1.29, 1.82) is 0 Å². The van der Waals surface area contributed by atoms with Gasteiger partial charge in [0, 0.05) is 12.6 Å². The van der Waals surface area contributed by atoms with E-state index in [0.717, 1.165) is 17.7 Å². The number of amides is 1. The summed E-state index contributed by atoms with van der Waals surface area (Å²) < 4.78 is 32.4. The van der Waals surface area contributed by atoms with Crippen molar-refractivity contribution in [2.24, 2.45) is 0 Å². The molecule has 0 aromatic heterocycles. The van der Waals surface area contributed by atoms with E-state index in [1.807, 2.05) is 0 Å². The lowest BCUT2D eigenvalue weighted by molar-refractivity contribution is 0.0527. The van der Waals surface area contributed by atoms with Gasteiger partial charge in [-0.15, -0.1) is 0 Å². The van der Waals surface area contributed by atoms with E-state index in [0.29, 0.717) is 13.0 Å². The van der Waals surface area contributed by atoms with Crippen LogP contribution >= 0.6 is 0 Å². The highest BCUT2D eigenvalue weighted by Crippen LogP contribution is 2.24. The molecule has 162 valence electrons. The van der Waals surface area contributed by atoms with Crippen LogP contribution in [0.5, 0.6) is 5.75 Å². The lowest BCUT2D eigenvalue weighted by atomic mass is 10.1. The zero-order valence-corrected chi connectivity index (χ0v) is 17.6. The number of hydrogen-bond acceptors (Lipinski definition) is 6. The molecule has 1 amide bonds. The molecule has 4 N–H and O–H groups in total. The molecule has 0 saturated carbocycles. The van der Waals surface area contributed by atoms with Gasteiger partial charge in [0.15, 0.2) is 0 Å². The molecule has 0 aliphatic rings. The lowest BCUT2D eigenvalue weighted by Crippen LogP contribution is -2.33. The van der Waals surface area contributed by atoms with Crippen LogP contribution in [0.1, 0.15) is 36.7 Å². The maximum absolute atomic E-state index is 12.5. The normalized spacial score (nSPS) is 11.6. The predicted octanol–water partition coefficient (Wildman–Crippen LogP) is 2.96. The van der Waals surface area contributed by atoms with Crippen LogP contribution in [0, 0.1) is 0 Å². The van der Waals surface area contributed by atoms with E-state index in [1.165, 1.54) is 18.2 Å². The Morgan fingerprint density at radius 2 is 1.70 bits per heavy atom. The summed E-state index contributed by atoms with van der Waals surface area (Å²) in [5.41, 5.74) is -0.0726. The summed E-state index contributed by atoms with van der Waals surface area (Å²) in [6.45, 7) is 5.62. The Morgan fingerprint density at radius 1 is 1.07 bits per heavy atom. The fourth-order valence-corrected chi connectivity index (χ4v) is 3.50. The van der Waals surface area contributed by atoms with E-state index in [-0.39, 0.29) is 16.1 Å². The zero-order chi connectivity index (χ0) is 22.5. The van der Waals surface area contributed by atoms with Crippen molar-refractivity contribution in [2.45, 2.75) is 37.7 Å². The summed E-state index contributed by atoms with van der Waals surface area (Å²) >= 11 is 0. The minimum atomic E-state index is -3.93. The van der Waals surface area contributed by atoms with E-state index in [4.69, 9.17) is 9.84 Å². The number of rotatable bonds is 7. The molecule has 0 bridgehead atoms. The number of ether oxygens (including phenoxy) is 1. The van der Waals surface area contributed by atoms with Crippen LogP contribution in [0.4, 0.5) is 10.5 Å². The van der Waals surface area contributed by atoms with Gasteiger partial charge in [-0.05, 0) is 57.0 Å². The van der Waals surface area contributed by atoms with Crippen molar-refractivity contribution in [1.82, 2.24) is 5.32 Å². The van der Waals surface area contributed by atoms with E-state index in [1.54, 1.807) is 32.9 Å². The third kappa shape index (κ3) is 6.66. The number of aromatic hydroxyl groups is 1.